The summed E-state index contributed by atoms with van der Waals surface area (Å²) < 4.78 is 0. The summed E-state index contributed by atoms with van der Waals surface area (Å²) in [6.07, 6.45) is 4.52. The molecule has 0 aliphatic rings. The number of hydrogen-bond donors (Lipinski definition) is 0. The monoisotopic (exact) mass is 336 g/mol. The number of aromatic nitrogens is 1. The number of nitro groups is 1. The quantitative estimate of drug-likeness (QED) is 0.439. The first-order chi connectivity index (χ1) is 12.1. The van der Waals surface area contributed by atoms with E-state index in [-0.39, 0.29) is 31.1 Å². The Morgan fingerprint density at radius 3 is 2.72 bits per heavy atom. The highest BCUT2D eigenvalue weighted by Gasteiger charge is 2.14. The van der Waals surface area contributed by atoms with Crippen LogP contribution in [0.2, 0.25) is 0 Å². The highest BCUT2D eigenvalue weighted by molar-refractivity contribution is 5.92. The standard InChI is InChI=1S/C18H16N4O3/c19-11-5-13-21(14-16-7-3-4-12-20-16)18(23)10-9-15-6-1-2-8-17(15)22(24)25/h1-4,6-10,12H,5,13-14H2. The van der Waals surface area contributed by atoms with Crippen LogP contribution in [0.25, 0.3) is 6.08 Å². The largest absolute Gasteiger partial charge is 0.332 e. The number of benzene rings is 1. The molecule has 0 spiro atoms. The van der Waals surface area contributed by atoms with Crippen LogP contribution in [0, 0.1) is 21.4 Å². The third kappa shape index (κ3) is 5.25. The molecule has 0 aliphatic carbocycles. The predicted molar refractivity (Wildman–Crippen MR) is 92.0 cm³/mol. The van der Waals surface area contributed by atoms with Crippen LogP contribution >= 0.6 is 0 Å². The number of rotatable bonds is 7. The number of carbonyl (C=O) groups excluding carboxylic acids is 1. The lowest BCUT2D eigenvalue weighted by Gasteiger charge is -2.19. The van der Waals surface area contributed by atoms with E-state index in [2.05, 4.69) is 4.98 Å². The maximum Gasteiger partial charge on any atom is 0.276 e. The van der Waals surface area contributed by atoms with Gasteiger partial charge in [-0.1, -0.05) is 18.2 Å². The van der Waals surface area contributed by atoms with E-state index in [1.54, 1.807) is 36.5 Å². The molecule has 0 bridgehead atoms. The Kier molecular flexibility index (Phi) is 6.37. The molecule has 0 fully saturated rings. The Morgan fingerprint density at radius 1 is 1.28 bits per heavy atom. The predicted octanol–water partition coefficient (Wildman–Crippen LogP) is 2.95. The molecule has 7 heteroatoms. The lowest BCUT2D eigenvalue weighted by molar-refractivity contribution is -0.385. The summed E-state index contributed by atoms with van der Waals surface area (Å²) in [6.45, 7) is 0.524. The lowest BCUT2D eigenvalue weighted by Crippen LogP contribution is -2.30. The van der Waals surface area contributed by atoms with Gasteiger partial charge in [-0.2, -0.15) is 5.26 Å². The number of carbonyl (C=O) groups is 1. The summed E-state index contributed by atoms with van der Waals surface area (Å²) in [5, 5.41) is 19.8. The van der Waals surface area contributed by atoms with Crippen molar-refractivity contribution in [3.63, 3.8) is 0 Å². The second kappa shape index (κ2) is 8.93. The third-order valence-corrected chi connectivity index (χ3v) is 3.42. The second-order valence-corrected chi connectivity index (χ2v) is 5.14. The van der Waals surface area contributed by atoms with Gasteiger partial charge in [0.2, 0.25) is 5.91 Å². The van der Waals surface area contributed by atoms with Gasteiger partial charge in [-0.15, -0.1) is 0 Å². The van der Waals surface area contributed by atoms with Crippen molar-refractivity contribution in [3.05, 3.63) is 76.1 Å². The van der Waals surface area contributed by atoms with Crippen LogP contribution in [-0.2, 0) is 11.3 Å². The maximum atomic E-state index is 12.4. The summed E-state index contributed by atoms with van der Waals surface area (Å²) >= 11 is 0. The molecule has 126 valence electrons. The van der Waals surface area contributed by atoms with E-state index >= 15 is 0 Å². The SMILES string of the molecule is N#CCCN(Cc1ccccn1)C(=O)C=Cc1ccccc1[N+](=O)[O-]. The number of amides is 1. The van der Waals surface area contributed by atoms with Crippen molar-refractivity contribution in [1.29, 1.82) is 5.26 Å². The fourth-order valence-electron chi connectivity index (χ4n) is 2.20. The molecule has 0 saturated heterocycles. The molecule has 0 unspecified atom stereocenters. The number of nitro benzene ring substituents is 1. The minimum Gasteiger partial charge on any atom is -0.332 e. The smallest absolute Gasteiger partial charge is 0.276 e. The Hall–Kier alpha value is -3.53. The van der Waals surface area contributed by atoms with E-state index in [1.165, 1.54) is 23.1 Å². The van der Waals surface area contributed by atoms with Crippen LogP contribution in [0.15, 0.2) is 54.7 Å². The van der Waals surface area contributed by atoms with Gasteiger partial charge < -0.3 is 4.90 Å². The number of hydrogen-bond acceptors (Lipinski definition) is 5. The van der Waals surface area contributed by atoms with Crippen LogP contribution in [0.1, 0.15) is 17.7 Å². The van der Waals surface area contributed by atoms with Gasteiger partial charge in [0.25, 0.3) is 5.69 Å². The molecule has 1 aromatic heterocycles. The van der Waals surface area contributed by atoms with Crippen LogP contribution < -0.4 is 0 Å². The van der Waals surface area contributed by atoms with E-state index in [0.717, 1.165) is 0 Å². The summed E-state index contributed by atoms with van der Waals surface area (Å²) in [5.74, 6) is -0.334. The van der Waals surface area contributed by atoms with E-state index in [9.17, 15) is 14.9 Å². The minimum absolute atomic E-state index is 0.0696. The van der Waals surface area contributed by atoms with E-state index in [0.29, 0.717) is 11.3 Å². The van der Waals surface area contributed by atoms with Crippen LogP contribution in [0.5, 0.6) is 0 Å². The van der Waals surface area contributed by atoms with Gasteiger partial charge in [0.15, 0.2) is 0 Å². The van der Waals surface area contributed by atoms with Crippen molar-refractivity contribution < 1.29 is 9.72 Å². The Bertz CT molecular complexity index is 813. The van der Waals surface area contributed by atoms with Crippen molar-refractivity contribution in [2.24, 2.45) is 0 Å². The van der Waals surface area contributed by atoms with E-state index in [1.807, 2.05) is 12.1 Å². The zero-order valence-electron chi connectivity index (χ0n) is 13.4. The first-order valence-corrected chi connectivity index (χ1v) is 7.59. The molecule has 1 aromatic carbocycles. The van der Waals surface area contributed by atoms with E-state index in [4.69, 9.17) is 5.26 Å². The van der Waals surface area contributed by atoms with E-state index < -0.39 is 4.92 Å². The van der Waals surface area contributed by atoms with Gasteiger partial charge in [0.05, 0.1) is 35.2 Å². The van der Waals surface area contributed by atoms with Crippen LogP contribution in [0.3, 0.4) is 0 Å². The van der Waals surface area contributed by atoms with Gasteiger partial charge in [-0.25, -0.2) is 0 Å². The van der Waals surface area contributed by atoms with Crippen LogP contribution in [0.4, 0.5) is 5.69 Å². The normalized spacial score (nSPS) is 10.4. The average molecular weight is 336 g/mol. The summed E-state index contributed by atoms with van der Waals surface area (Å²) in [7, 11) is 0. The number of nitrogens with zero attached hydrogens (tertiary/aromatic N) is 4. The molecule has 0 radical (unpaired) electrons. The number of nitriles is 1. The van der Waals surface area contributed by atoms with Crippen molar-refractivity contribution in [1.82, 2.24) is 9.88 Å². The molecular formula is C18H16N4O3. The molecule has 25 heavy (non-hydrogen) atoms. The molecule has 0 atom stereocenters. The fourth-order valence-corrected chi connectivity index (χ4v) is 2.20. The van der Waals surface area contributed by atoms with Gasteiger partial charge in [-0.3, -0.25) is 19.9 Å². The first-order valence-electron chi connectivity index (χ1n) is 7.59. The van der Waals surface area contributed by atoms with Gasteiger partial charge in [0.1, 0.15) is 0 Å². The van der Waals surface area contributed by atoms with Gasteiger partial charge in [-0.05, 0) is 24.3 Å². The molecule has 0 aliphatic heterocycles. The van der Waals surface area contributed by atoms with Gasteiger partial charge in [0, 0.05) is 24.9 Å². The Labute approximate surface area is 145 Å². The molecule has 0 N–H and O–H groups in total. The van der Waals surface area contributed by atoms with Crippen molar-refractivity contribution in [3.8, 4) is 6.07 Å². The number of pyridine rings is 1. The Balaban J connectivity index is 2.16. The van der Waals surface area contributed by atoms with Crippen molar-refractivity contribution >= 4 is 17.7 Å². The van der Waals surface area contributed by atoms with Gasteiger partial charge >= 0.3 is 0 Å². The molecule has 1 heterocycles. The summed E-state index contributed by atoms with van der Waals surface area (Å²) in [4.78, 5) is 28.6. The molecule has 7 nitrogen and oxygen atoms in total. The Morgan fingerprint density at radius 2 is 2.04 bits per heavy atom. The summed E-state index contributed by atoms with van der Waals surface area (Å²) in [6, 6.07) is 13.6. The molecule has 2 rings (SSSR count). The zero-order valence-corrected chi connectivity index (χ0v) is 13.4. The maximum absolute atomic E-state index is 12.4. The minimum atomic E-state index is -0.495. The zero-order chi connectivity index (χ0) is 18.1. The molecule has 0 saturated carbocycles. The fraction of sp³-hybridized carbons (Fsp3) is 0.167. The first kappa shape index (κ1) is 17.8. The average Bonchev–Trinajstić information content (AvgIpc) is 2.64. The number of para-hydroxylation sites is 1. The van der Waals surface area contributed by atoms with Crippen LogP contribution in [-0.4, -0.2) is 27.3 Å². The molecule has 1 amide bonds. The molecular weight excluding hydrogens is 320 g/mol. The van der Waals surface area contributed by atoms with Crippen molar-refractivity contribution in [2.45, 2.75) is 13.0 Å². The highest BCUT2D eigenvalue weighted by atomic mass is 16.6. The lowest BCUT2D eigenvalue weighted by atomic mass is 10.1. The third-order valence-electron chi connectivity index (χ3n) is 3.42. The highest BCUT2D eigenvalue weighted by Crippen LogP contribution is 2.19. The molecule has 2 aromatic rings. The van der Waals surface area contributed by atoms with Crippen molar-refractivity contribution in [2.75, 3.05) is 6.54 Å². The second-order valence-electron chi connectivity index (χ2n) is 5.14. The summed E-state index contributed by atoms with van der Waals surface area (Å²) in [5.41, 5.74) is 0.978. The topological polar surface area (TPSA) is 100 Å².